The van der Waals surface area contributed by atoms with Gasteiger partial charge in [-0.05, 0) is 302 Å². The van der Waals surface area contributed by atoms with Crippen LogP contribution in [-0.4, -0.2) is 0 Å². The fourth-order valence-electron chi connectivity index (χ4n) is 25.9. The van der Waals surface area contributed by atoms with Gasteiger partial charge in [0.1, 0.15) is 0 Å². The Hall–Kier alpha value is -18.7. The van der Waals surface area contributed by atoms with Crippen molar-refractivity contribution in [3.63, 3.8) is 0 Å². The van der Waals surface area contributed by atoms with E-state index in [1.807, 2.05) is 6.07 Å². The highest BCUT2D eigenvalue weighted by atomic mass is 14.9. The average Bonchev–Trinajstić information content (AvgIpc) is 1.51. The van der Waals surface area contributed by atoms with Crippen LogP contribution in [0.25, 0.3) is 121 Å². The van der Waals surface area contributed by atoms with E-state index in [0.29, 0.717) is 0 Å². The smallest absolute Gasteiger partial charge is 0.0726 e. The van der Waals surface area contributed by atoms with E-state index in [0.717, 1.165) is 45.5 Å². The quantitative estimate of drug-likeness (QED) is 0.104. The first-order chi connectivity index (χ1) is 72.4. The van der Waals surface area contributed by atoms with Crippen LogP contribution in [0.4, 0.5) is 45.5 Å². The predicted molar refractivity (Wildman–Crippen MR) is 609 cm³/mol. The second kappa shape index (κ2) is 34.6. The Labute approximate surface area is 850 Å². The van der Waals surface area contributed by atoms with Gasteiger partial charge in [-0.3, -0.25) is 0 Å². The molecule has 0 heterocycles. The zero-order valence-corrected chi connectivity index (χ0v) is 80.1. The van der Waals surface area contributed by atoms with Gasteiger partial charge in [0.15, 0.2) is 0 Å². The minimum atomic E-state index is -0.397. The Kier molecular flexibility index (Phi) is 20.2. The van der Waals surface area contributed by atoms with E-state index in [1.54, 1.807) is 0 Å². The van der Waals surface area contributed by atoms with Crippen LogP contribution in [0.3, 0.4) is 0 Å². The molecule has 0 saturated carbocycles. The summed E-state index contributed by atoms with van der Waals surface area (Å²) in [5, 5.41) is 22.3. The van der Waals surface area contributed by atoms with Crippen LogP contribution in [0, 0.1) is 0 Å². The van der Waals surface area contributed by atoms with Crippen LogP contribution in [0.2, 0.25) is 0 Å². The van der Waals surface area contributed by atoms with Crippen LogP contribution in [0.1, 0.15) is 89.0 Å². The summed E-state index contributed by atoms with van der Waals surface area (Å²) in [6.07, 6.45) is 0. The number of nitrogens with one attached hydrogen (secondary N) is 4. The highest BCUT2D eigenvalue weighted by Crippen LogP contribution is 2.68. The summed E-state index contributed by atoms with van der Waals surface area (Å²) in [4.78, 5) is 0. The van der Waals surface area contributed by atoms with E-state index in [9.17, 15) is 0 Å². The number of para-hydroxylation sites is 1. The number of rotatable bonds is 11. The molecule has 0 saturated heterocycles. The van der Waals surface area contributed by atoms with E-state index in [4.69, 9.17) is 0 Å². The molecule has 24 aromatic carbocycles. The third-order valence-corrected chi connectivity index (χ3v) is 31.9. The monoisotopic (exact) mass is 1860 g/mol. The first-order valence-electron chi connectivity index (χ1n) is 50.7. The maximum atomic E-state index is 3.76. The van der Waals surface area contributed by atoms with Crippen molar-refractivity contribution in [1.29, 1.82) is 0 Å². The lowest BCUT2D eigenvalue weighted by molar-refractivity contribution is 0.769. The molecular formula is C142H96N4. The first-order valence-corrected chi connectivity index (χ1v) is 50.7. The molecule has 31 rings (SSSR count). The molecule has 684 valence electrons. The molecule has 4 heteroatoms. The van der Waals surface area contributed by atoms with Crippen LogP contribution in [0.15, 0.2) is 558 Å². The number of anilines is 8. The summed E-state index contributed by atoms with van der Waals surface area (Å²) in [6, 6.07) is 203. The first kappa shape index (κ1) is 85.3. The van der Waals surface area contributed by atoms with Crippen molar-refractivity contribution >= 4 is 77.8 Å². The number of fused-ring (bicyclic) bond motifs is 36. The maximum Gasteiger partial charge on any atom is 0.0726 e. The third-order valence-electron chi connectivity index (χ3n) is 31.9. The largest absolute Gasteiger partial charge is 0.356 e. The zero-order chi connectivity index (χ0) is 96.4. The van der Waals surface area contributed by atoms with Crippen LogP contribution >= 0.6 is 0 Å². The van der Waals surface area contributed by atoms with E-state index in [2.05, 4.69) is 573 Å². The fourth-order valence-corrected chi connectivity index (χ4v) is 25.9. The van der Waals surface area contributed by atoms with Gasteiger partial charge in [0.05, 0.1) is 21.7 Å². The van der Waals surface area contributed by atoms with Crippen LogP contribution in [0.5, 0.6) is 0 Å². The standard InChI is InChI=1S/C41H29N.2C35H23N.C31H21N/c1-3-13-33(14-4-1)41(34-15-5-2-6-16-34)39-18-10-9-17-37(39)38-26-25-36(28-40(38)41)42-35-23-21-30(22-24-35)32-20-19-29-11-7-8-12-31(29)27-32;1-2-12-25-23(10-1)11-9-19-34(25)36-24-20-21-29-28-15-5-8-18-32(28)35(33(29)22-24)30-16-6-3-13-26(30)27-14-4-7-17-31(27)35;1-2-10-24-21-25(18-17-23(24)9-1)36-26-19-20-30-29-13-5-8-16-33(29)35(34(30)22-26)31-14-6-3-11-27(31)28-12-4-7-15-32(28)35;1-2-10-21(11-3-1)32-22-18-19-26-25-14-6-9-17-29(25)31(30(26)20-22)27-15-7-4-12-23(27)24-13-5-8-16-28(24)31/h1-28,42H;2*1-22,36H;1-20,32H. The fraction of sp³-hybridized carbons (Fsp3) is 0.0282. The Morgan fingerprint density at radius 3 is 0.719 bits per heavy atom. The van der Waals surface area contributed by atoms with Gasteiger partial charge < -0.3 is 21.3 Å². The molecule has 4 nitrogen and oxygen atoms in total. The minimum absolute atomic E-state index is 0.284. The van der Waals surface area contributed by atoms with Gasteiger partial charge >= 0.3 is 0 Å². The second-order valence-electron chi connectivity index (χ2n) is 39.3. The van der Waals surface area contributed by atoms with Crippen LogP contribution in [-0.2, 0) is 21.7 Å². The Morgan fingerprint density at radius 2 is 0.349 bits per heavy atom. The molecule has 4 N–H and O–H groups in total. The molecule has 24 aromatic rings. The van der Waals surface area contributed by atoms with Crippen molar-refractivity contribution in [2.75, 3.05) is 21.3 Å². The summed E-state index contributed by atoms with van der Waals surface area (Å²) in [5.41, 5.74) is 50.2. The molecule has 3 spiro atoms. The molecule has 0 unspecified atom stereocenters. The van der Waals surface area contributed by atoms with Crippen LogP contribution < -0.4 is 21.3 Å². The molecule has 0 bridgehead atoms. The van der Waals surface area contributed by atoms with Gasteiger partial charge in [0.2, 0.25) is 0 Å². The topological polar surface area (TPSA) is 48.1 Å². The molecule has 0 amide bonds. The van der Waals surface area contributed by atoms with Crippen molar-refractivity contribution in [2.45, 2.75) is 21.7 Å². The molecule has 0 fully saturated rings. The van der Waals surface area contributed by atoms with Crippen molar-refractivity contribution in [2.24, 2.45) is 0 Å². The van der Waals surface area contributed by atoms with Gasteiger partial charge in [0, 0.05) is 50.9 Å². The number of hydrogen-bond acceptors (Lipinski definition) is 4. The van der Waals surface area contributed by atoms with E-state index >= 15 is 0 Å². The molecule has 146 heavy (non-hydrogen) atoms. The SMILES string of the molecule is c1ccc(C2(c3ccccc3)c3ccccc3-c3ccc(Nc4ccc(-c5ccc6ccccc6c5)cc4)cc32)cc1.c1ccc(Nc2ccc3c(c2)C2(c4ccccc4-c4ccccc42)c2ccccc2-3)cc1.c1ccc2c(c1)-c1ccccc1C21c2ccccc2-c2ccc(Nc3ccc4ccccc4c3)cc21.c1ccc2c(c1)-c1ccccc1C21c2ccccc2-c2ccc(Nc3cccc4ccccc34)cc21. The zero-order valence-electron chi connectivity index (χ0n) is 80.1. The average molecular weight is 1860 g/mol. The van der Waals surface area contributed by atoms with Gasteiger partial charge in [-0.25, -0.2) is 0 Å². The minimum Gasteiger partial charge on any atom is -0.356 e. The lowest BCUT2D eigenvalue weighted by Gasteiger charge is -2.34. The summed E-state index contributed by atoms with van der Waals surface area (Å²) in [7, 11) is 0. The van der Waals surface area contributed by atoms with Gasteiger partial charge in [0.25, 0.3) is 0 Å². The highest BCUT2D eigenvalue weighted by molar-refractivity contribution is 6.03. The Morgan fingerprint density at radius 1 is 0.116 bits per heavy atom. The van der Waals surface area contributed by atoms with Crippen molar-refractivity contribution in [3.8, 4) is 89.0 Å². The third kappa shape index (κ3) is 13.2. The summed E-state index contributed by atoms with van der Waals surface area (Å²) in [6.45, 7) is 0. The van der Waals surface area contributed by atoms with E-state index in [1.165, 1.54) is 210 Å². The Balaban J connectivity index is 0.0000000946. The van der Waals surface area contributed by atoms with Crippen molar-refractivity contribution in [3.05, 3.63) is 647 Å². The summed E-state index contributed by atoms with van der Waals surface area (Å²) < 4.78 is 0. The summed E-state index contributed by atoms with van der Waals surface area (Å²) >= 11 is 0. The van der Waals surface area contributed by atoms with Gasteiger partial charge in [-0.2, -0.15) is 0 Å². The maximum absolute atomic E-state index is 3.76. The van der Waals surface area contributed by atoms with E-state index in [-0.39, 0.29) is 16.2 Å². The van der Waals surface area contributed by atoms with Gasteiger partial charge in [-0.1, -0.05) is 461 Å². The highest BCUT2D eigenvalue weighted by Gasteiger charge is 2.56. The van der Waals surface area contributed by atoms with Crippen molar-refractivity contribution < 1.29 is 0 Å². The number of benzene rings is 24. The molecule has 0 aromatic heterocycles. The molecule has 7 aliphatic carbocycles. The lowest BCUT2D eigenvalue weighted by atomic mass is 9.67. The van der Waals surface area contributed by atoms with Crippen molar-refractivity contribution in [1.82, 2.24) is 0 Å². The molecule has 0 radical (unpaired) electrons. The molecule has 0 aliphatic heterocycles. The van der Waals surface area contributed by atoms with Gasteiger partial charge in [-0.15, -0.1) is 0 Å². The molecular weight excluding hydrogens is 1760 g/mol. The number of hydrogen-bond donors (Lipinski definition) is 4. The van der Waals surface area contributed by atoms with E-state index < -0.39 is 5.41 Å². The predicted octanol–water partition coefficient (Wildman–Crippen LogP) is 36.2. The second-order valence-corrected chi connectivity index (χ2v) is 39.3. The normalized spacial score (nSPS) is 13.6. The molecule has 7 aliphatic rings. The molecule has 0 atom stereocenters. The summed E-state index contributed by atoms with van der Waals surface area (Å²) in [5.74, 6) is 0. The lowest BCUT2D eigenvalue weighted by Crippen LogP contribution is -2.28. The Bertz CT molecular complexity index is 9100.